The fourth-order valence-electron chi connectivity index (χ4n) is 1.96. The number of benzene rings is 1. The lowest BCUT2D eigenvalue weighted by molar-refractivity contribution is -0.120. The van der Waals surface area contributed by atoms with E-state index in [1.54, 1.807) is 26.0 Å². The van der Waals surface area contributed by atoms with Crippen LogP contribution in [-0.4, -0.2) is 36.0 Å². The molecule has 0 bridgehead atoms. The smallest absolute Gasteiger partial charge is 0.336 e. The average molecular weight is 292 g/mol. The Morgan fingerprint density at radius 1 is 1.05 bits per heavy atom. The van der Waals surface area contributed by atoms with Gasteiger partial charge in [-0.2, -0.15) is 0 Å². The molecule has 0 heterocycles. The Bertz CT molecular complexity index is 567. The molecule has 114 valence electrons. The highest BCUT2D eigenvalue weighted by atomic mass is 16.4. The third-order valence-electron chi connectivity index (χ3n) is 3.04. The topological polar surface area (TPSA) is 95.5 Å². The zero-order valence-corrected chi connectivity index (χ0v) is 12.4. The molecule has 0 aliphatic rings. The second-order valence-corrected chi connectivity index (χ2v) is 4.79. The summed E-state index contributed by atoms with van der Waals surface area (Å²) in [6.07, 6.45) is 0.805. The van der Waals surface area contributed by atoms with Crippen LogP contribution in [0.5, 0.6) is 0 Å². The fourth-order valence-corrected chi connectivity index (χ4v) is 1.96. The maximum atomic E-state index is 12.2. The first kappa shape index (κ1) is 16.7. The van der Waals surface area contributed by atoms with Gasteiger partial charge in [0.25, 0.3) is 5.91 Å². The number of nitrogens with one attached hydrogen (secondary N) is 2. The van der Waals surface area contributed by atoms with E-state index < -0.39 is 11.9 Å². The van der Waals surface area contributed by atoms with Gasteiger partial charge in [0.2, 0.25) is 5.91 Å². The van der Waals surface area contributed by atoms with Gasteiger partial charge in [-0.15, -0.1) is 0 Å². The summed E-state index contributed by atoms with van der Waals surface area (Å²) in [5.41, 5.74) is 1.14. The Kier molecular flexibility index (Phi) is 5.90. The van der Waals surface area contributed by atoms with Crippen LogP contribution in [0.4, 0.5) is 0 Å². The van der Waals surface area contributed by atoms with E-state index in [2.05, 4.69) is 10.6 Å². The minimum absolute atomic E-state index is 0.0264. The molecule has 0 aliphatic heterocycles. The number of carboxylic acid groups (broad SMARTS) is 1. The van der Waals surface area contributed by atoms with E-state index in [4.69, 9.17) is 0 Å². The summed E-state index contributed by atoms with van der Waals surface area (Å²) in [5.74, 6) is -2.01. The van der Waals surface area contributed by atoms with Crippen molar-refractivity contribution in [3.05, 3.63) is 34.4 Å². The van der Waals surface area contributed by atoms with Crippen LogP contribution in [0.15, 0.2) is 12.1 Å². The van der Waals surface area contributed by atoms with Crippen LogP contribution in [0, 0.1) is 13.8 Å². The van der Waals surface area contributed by atoms with Crippen LogP contribution in [-0.2, 0) is 4.79 Å². The van der Waals surface area contributed by atoms with Crippen LogP contribution in [0.3, 0.4) is 0 Å². The minimum atomic E-state index is -1.16. The normalized spacial score (nSPS) is 10.0. The van der Waals surface area contributed by atoms with Gasteiger partial charge in [0.05, 0.1) is 17.7 Å². The molecule has 1 rings (SSSR count). The average Bonchev–Trinajstić information content (AvgIpc) is 2.44. The number of aryl methyl sites for hydroxylation is 2. The van der Waals surface area contributed by atoms with Gasteiger partial charge in [-0.1, -0.05) is 19.1 Å². The summed E-state index contributed by atoms with van der Waals surface area (Å²) in [4.78, 5) is 35.0. The van der Waals surface area contributed by atoms with Crippen LogP contribution in [0.2, 0.25) is 0 Å². The maximum Gasteiger partial charge on any atom is 0.336 e. The van der Waals surface area contributed by atoms with Crippen molar-refractivity contribution in [3.63, 3.8) is 0 Å². The molecule has 6 nitrogen and oxygen atoms in total. The number of carboxylic acids is 1. The van der Waals surface area contributed by atoms with Gasteiger partial charge in [0, 0.05) is 6.54 Å². The molecular weight excluding hydrogens is 272 g/mol. The molecule has 0 unspecified atom stereocenters. The molecule has 0 atom stereocenters. The van der Waals surface area contributed by atoms with Crippen LogP contribution >= 0.6 is 0 Å². The molecule has 0 fully saturated rings. The minimum Gasteiger partial charge on any atom is -0.478 e. The summed E-state index contributed by atoms with van der Waals surface area (Å²) in [6, 6.07) is 3.34. The standard InChI is InChI=1S/C15H20N2O4/c1-4-7-16-11(18)8-17-14(19)12-9(2)5-6-10(3)13(12)15(20)21/h5-6H,4,7-8H2,1-3H3,(H,16,18)(H,17,19)(H,20,21). The van der Waals surface area contributed by atoms with Crippen LogP contribution in [0.1, 0.15) is 45.2 Å². The van der Waals surface area contributed by atoms with Gasteiger partial charge in [0.1, 0.15) is 0 Å². The Balaban J connectivity index is 2.90. The highest BCUT2D eigenvalue weighted by molar-refractivity contribution is 6.07. The molecule has 0 saturated carbocycles. The van der Waals surface area contributed by atoms with E-state index >= 15 is 0 Å². The monoisotopic (exact) mass is 292 g/mol. The third-order valence-corrected chi connectivity index (χ3v) is 3.04. The molecule has 0 radical (unpaired) electrons. The van der Waals surface area contributed by atoms with E-state index in [1.807, 2.05) is 6.92 Å². The van der Waals surface area contributed by atoms with Crippen molar-refractivity contribution >= 4 is 17.8 Å². The van der Waals surface area contributed by atoms with Gasteiger partial charge in [-0.05, 0) is 31.4 Å². The van der Waals surface area contributed by atoms with Gasteiger partial charge < -0.3 is 15.7 Å². The SMILES string of the molecule is CCCNC(=O)CNC(=O)c1c(C)ccc(C)c1C(=O)O. The zero-order valence-electron chi connectivity index (χ0n) is 12.4. The zero-order chi connectivity index (χ0) is 16.0. The van der Waals surface area contributed by atoms with Crippen molar-refractivity contribution in [2.75, 3.05) is 13.1 Å². The van der Waals surface area contributed by atoms with Gasteiger partial charge in [0.15, 0.2) is 0 Å². The summed E-state index contributed by atoms with van der Waals surface area (Å²) in [6.45, 7) is 5.59. The molecule has 0 aliphatic carbocycles. The number of aromatic carboxylic acids is 1. The Labute approximate surface area is 123 Å². The molecule has 21 heavy (non-hydrogen) atoms. The van der Waals surface area contributed by atoms with E-state index in [9.17, 15) is 19.5 Å². The second-order valence-electron chi connectivity index (χ2n) is 4.79. The number of rotatable bonds is 6. The quantitative estimate of drug-likeness (QED) is 0.735. The van der Waals surface area contributed by atoms with Crippen molar-refractivity contribution in [3.8, 4) is 0 Å². The van der Waals surface area contributed by atoms with E-state index in [-0.39, 0.29) is 23.6 Å². The number of hydrogen-bond acceptors (Lipinski definition) is 3. The van der Waals surface area contributed by atoms with Crippen molar-refractivity contribution < 1.29 is 19.5 Å². The molecule has 6 heteroatoms. The molecule has 0 aromatic heterocycles. The largest absolute Gasteiger partial charge is 0.478 e. The number of carbonyl (C=O) groups excluding carboxylic acids is 2. The van der Waals surface area contributed by atoms with E-state index in [0.29, 0.717) is 17.7 Å². The first-order valence-electron chi connectivity index (χ1n) is 6.76. The predicted octanol–water partition coefficient (Wildman–Crippen LogP) is 1.26. The molecule has 3 N–H and O–H groups in total. The Morgan fingerprint density at radius 3 is 2.14 bits per heavy atom. The van der Waals surface area contributed by atoms with E-state index in [1.165, 1.54) is 0 Å². The lowest BCUT2D eigenvalue weighted by atomic mass is 9.96. The molecule has 0 saturated heterocycles. The number of carbonyl (C=O) groups is 3. The number of amides is 2. The van der Waals surface area contributed by atoms with Gasteiger partial charge in [-0.3, -0.25) is 9.59 Å². The van der Waals surface area contributed by atoms with Crippen molar-refractivity contribution in [1.82, 2.24) is 10.6 Å². The van der Waals surface area contributed by atoms with Crippen molar-refractivity contribution in [2.45, 2.75) is 27.2 Å². The molecule has 1 aromatic carbocycles. The summed E-state index contributed by atoms with van der Waals surface area (Å²) < 4.78 is 0. The fraction of sp³-hybridized carbons (Fsp3) is 0.400. The van der Waals surface area contributed by atoms with Crippen molar-refractivity contribution in [1.29, 1.82) is 0 Å². The number of hydrogen-bond donors (Lipinski definition) is 3. The highest BCUT2D eigenvalue weighted by Gasteiger charge is 2.21. The molecule has 0 spiro atoms. The van der Waals surface area contributed by atoms with Crippen LogP contribution < -0.4 is 10.6 Å². The molecule has 2 amide bonds. The van der Waals surface area contributed by atoms with Gasteiger partial charge >= 0.3 is 5.97 Å². The first-order chi connectivity index (χ1) is 9.88. The maximum absolute atomic E-state index is 12.2. The van der Waals surface area contributed by atoms with Gasteiger partial charge in [-0.25, -0.2) is 4.79 Å². The second kappa shape index (κ2) is 7.42. The highest BCUT2D eigenvalue weighted by Crippen LogP contribution is 2.18. The Hall–Kier alpha value is -2.37. The molecular formula is C15H20N2O4. The lowest BCUT2D eigenvalue weighted by Crippen LogP contribution is -2.38. The predicted molar refractivity (Wildman–Crippen MR) is 78.5 cm³/mol. The first-order valence-corrected chi connectivity index (χ1v) is 6.76. The Morgan fingerprint density at radius 2 is 1.62 bits per heavy atom. The third kappa shape index (κ3) is 4.30. The summed E-state index contributed by atoms with van der Waals surface area (Å²) >= 11 is 0. The summed E-state index contributed by atoms with van der Waals surface area (Å²) in [5, 5.41) is 14.3. The van der Waals surface area contributed by atoms with E-state index in [0.717, 1.165) is 6.42 Å². The summed E-state index contributed by atoms with van der Waals surface area (Å²) in [7, 11) is 0. The lowest BCUT2D eigenvalue weighted by Gasteiger charge is -2.12. The van der Waals surface area contributed by atoms with Crippen molar-refractivity contribution in [2.24, 2.45) is 0 Å². The van der Waals surface area contributed by atoms with Crippen LogP contribution in [0.25, 0.3) is 0 Å². The molecule has 1 aromatic rings.